The molecule has 0 saturated heterocycles. The number of hydrogen-bond donors (Lipinski definition) is 7. The number of hydrazone groups is 1. The Morgan fingerprint density at radius 3 is 2.03 bits per heavy atom. The average Bonchev–Trinajstić information content (AvgIpc) is 3.29. The number of methoxy groups -OCH3 is 1. The Kier molecular flexibility index (Phi) is 19.0. The maximum atomic E-state index is 13.5. The summed E-state index contributed by atoms with van der Waals surface area (Å²) in [6, 6.07) is 8.09. The molecule has 30 heteroatoms. The molecule has 3 aromatic rings. The summed E-state index contributed by atoms with van der Waals surface area (Å²) in [5.74, 6) is -2.55. The Labute approximate surface area is 426 Å². The number of aromatic carboxylic acids is 1. The van der Waals surface area contributed by atoms with Gasteiger partial charge in [-0.05, 0) is 117 Å². The van der Waals surface area contributed by atoms with Gasteiger partial charge in [-0.2, -0.15) is 59.1 Å². The van der Waals surface area contributed by atoms with Gasteiger partial charge in [-0.15, -0.1) is 5.11 Å². The van der Waals surface area contributed by atoms with Crippen LogP contribution < -0.4 is 20.2 Å². The molecule has 0 bridgehead atoms. The normalized spacial score (nSPS) is 19.0. The van der Waals surface area contributed by atoms with E-state index in [-0.39, 0.29) is 78.2 Å². The van der Waals surface area contributed by atoms with Gasteiger partial charge < -0.3 is 24.6 Å². The second-order valence-corrected chi connectivity index (χ2v) is 22.7. The highest BCUT2D eigenvalue weighted by molar-refractivity contribution is 7.87. The first-order valence-corrected chi connectivity index (χ1v) is 28.0. The lowest BCUT2D eigenvalue weighted by molar-refractivity contribution is 0.0697. The number of nitrogens with zero attached hydrogens (tertiary/aromatic N) is 6. The van der Waals surface area contributed by atoms with Gasteiger partial charge in [0, 0.05) is 25.5 Å². The minimum absolute atomic E-state index is 0.00865. The molecule has 0 radical (unpaired) electrons. The van der Waals surface area contributed by atoms with E-state index in [0.717, 1.165) is 23.3 Å². The average molecular weight is 1110 g/mol. The molecule has 0 fully saturated rings. The van der Waals surface area contributed by atoms with Crippen molar-refractivity contribution < 1.29 is 80.8 Å². The number of carbonyl (C=O) groups is 2. The van der Waals surface area contributed by atoms with Crippen molar-refractivity contribution in [3.8, 4) is 11.5 Å². The molecule has 5 rings (SSSR count). The highest BCUT2D eigenvalue weighted by atomic mass is 32.2. The van der Waals surface area contributed by atoms with Crippen molar-refractivity contribution in [2.75, 3.05) is 42.6 Å². The monoisotopic (exact) mass is 1110 g/mol. The van der Waals surface area contributed by atoms with Crippen LogP contribution in [0.1, 0.15) is 62.9 Å². The number of carboxylic acid groups (broad SMARTS) is 1. The van der Waals surface area contributed by atoms with E-state index in [2.05, 4.69) is 41.3 Å². The number of aliphatic imine (C=N–C) groups is 1. The zero-order valence-corrected chi connectivity index (χ0v) is 43.6. The van der Waals surface area contributed by atoms with Crippen LogP contribution >= 0.6 is 0 Å². The van der Waals surface area contributed by atoms with Gasteiger partial charge in [0.1, 0.15) is 28.2 Å². The number of nitrogens with one attached hydrogen (secondary N) is 2. The number of urea groups is 1. The van der Waals surface area contributed by atoms with Gasteiger partial charge in [0.15, 0.2) is 0 Å². The van der Waals surface area contributed by atoms with Crippen molar-refractivity contribution in [2.24, 2.45) is 36.5 Å². The van der Waals surface area contributed by atoms with Crippen LogP contribution in [0.5, 0.6) is 11.5 Å². The summed E-state index contributed by atoms with van der Waals surface area (Å²) in [5, 5.41) is 34.4. The molecule has 0 saturated carbocycles. The number of azo groups is 2. The Morgan fingerprint density at radius 2 is 1.42 bits per heavy atom. The Bertz CT molecular complexity index is 3390. The van der Waals surface area contributed by atoms with E-state index in [9.17, 15) is 62.0 Å². The number of rotatable bonds is 21. The number of allylic oxidation sites excluding steroid dienone is 2. The van der Waals surface area contributed by atoms with Crippen LogP contribution in [0.25, 0.3) is 0 Å². The van der Waals surface area contributed by atoms with Crippen LogP contribution in [0.3, 0.4) is 0 Å². The lowest BCUT2D eigenvalue weighted by atomic mass is 9.84. The van der Waals surface area contributed by atoms with Crippen LogP contribution in [0.4, 0.5) is 27.5 Å². The molecule has 26 nitrogen and oxygen atoms in total. The van der Waals surface area contributed by atoms with E-state index in [1.807, 2.05) is 13.8 Å². The van der Waals surface area contributed by atoms with Gasteiger partial charge >= 0.3 is 12.0 Å². The summed E-state index contributed by atoms with van der Waals surface area (Å²) in [6.07, 6.45) is 2.17. The van der Waals surface area contributed by atoms with Crippen molar-refractivity contribution in [3.05, 3.63) is 94.2 Å². The largest absolute Gasteiger partial charge is 0.494 e. The Morgan fingerprint density at radius 1 is 0.757 bits per heavy atom. The molecular weight excluding hydrogens is 1060 g/mol. The van der Waals surface area contributed by atoms with E-state index in [1.165, 1.54) is 43.5 Å². The minimum atomic E-state index is -5.00. The third-order valence-electron chi connectivity index (χ3n) is 11.2. The first-order chi connectivity index (χ1) is 34.4. The number of hydrogen-bond acceptors (Lipinski definition) is 19. The third-order valence-corrected chi connectivity index (χ3v) is 14.5. The van der Waals surface area contributed by atoms with Gasteiger partial charge in [0.05, 0.1) is 75.4 Å². The van der Waals surface area contributed by atoms with Crippen LogP contribution in [-0.2, 0) is 45.2 Å². The number of aryl methyl sites for hydroxylation is 1. The minimum Gasteiger partial charge on any atom is -0.494 e. The van der Waals surface area contributed by atoms with Crippen LogP contribution in [0, 0.1) is 12.8 Å². The van der Waals surface area contributed by atoms with Crippen molar-refractivity contribution in [2.45, 2.75) is 75.8 Å². The zero-order chi connectivity index (χ0) is 54.9. The van der Waals surface area contributed by atoms with E-state index in [1.54, 1.807) is 26.8 Å². The molecule has 3 aromatic carbocycles. The highest BCUT2D eigenvalue weighted by Crippen LogP contribution is 2.38. The molecule has 0 aromatic heterocycles. The van der Waals surface area contributed by atoms with Crippen molar-refractivity contribution in [1.82, 2.24) is 0 Å². The number of carbonyl (C=O) groups excluding carboxylic acids is 1. The molecule has 400 valence electrons. The number of carboxylic acids is 1. The first kappa shape index (κ1) is 58.3. The first-order valence-electron chi connectivity index (χ1n) is 21.9. The SMILES string of the molecule is COC1CC(=NNc2ccc(S(=O)(=O)O)cc2S(=O)(=O)O)C(C)=CC1=NC(=O)Nc1cc(C)c(N=NC2C(C)=CC(N=Nc3ccc(OCCCS(=O)(=O)O)cc3C(=O)O)=C(C)C2C)cc1OCCCS(=O)(=O)O. The van der Waals surface area contributed by atoms with E-state index >= 15 is 0 Å². The summed E-state index contributed by atoms with van der Waals surface area (Å²) in [7, 11) is -17.0. The fourth-order valence-electron chi connectivity index (χ4n) is 7.17. The molecule has 0 heterocycles. The summed E-state index contributed by atoms with van der Waals surface area (Å²) < 4.78 is 146. The van der Waals surface area contributed by atoms with Gasteiger partial charge in [0.25, 0.3) is 40.5 Å². The van der Waals surface area contributed by atoms with E-state index < -0.39 is 85.9 Å². The van der Waals surface area contributed by atoms with Crippen molar-refractivity contribution in [1.29, 1.82) is 0 Å². The molecule has 2 aliphatic carbocycles. The molecule has 2 amide bonds. The topological polar surface area (TPSA) is 398 Å². The second kappa shape index (κ2) is 24.1. The van der Waals surface area contributed by atoms with E-state index in [4.69, 9.17) is 18.8 Å². The Balaban J connectivity index is 1.36. The van der Waals surface area contributed by atoms with Crippen LogP contribution in [0.15, 0.2) is 123 Å². The number of anilines is 2. The predicted molar refractivity (Wildman–Crippen MR) is 269 cm³/mol. The molecule has 0 spiro atoms. The van der Waals surface area contributed by atoms with Gasteiger partial charge in [0.2, 0.25) is 0 Å². The number of ether oxygens (including phenoxy) is 3. The second-order valence-electron chi connectivity index (χ2n) is 16.7. The fraction of sp³-hybridized carbons (Fsp3) is 0.364. The lowest BCUT2D eigenvalue weighted by Gasteiger charge is -2.26. The maximum absolute atomic E-state index is 13.5. The van der Waals surface area contributed by atoms with Crippen LogP contribution in [0.2, 0.25) is 0 Å². The fourth-order valence-corrected chi connectivity index (χ4v) is 9.38. The summed E-state index contributed by atoms with van der Waals surface area (Å²) in [5.41, 5.74) is 5.68. The molecular formula is C44H52N8O18S4. The molecule has 2 aliphatic rings. The standard InChI is InChI=1S/C44H52N8O18S4/c1-24-17-37(39(68-6)22-34(24)49-48-33-12-10-30(73(62,63)64)21-41(33)74(65,66)67)45-44(55)46-38-18-25(2)35(23-40(38)70-14-8-16-72(59,60)61)50-52-42-26(3)19-36(27(4)28(42)5)51-47-32-11-9-29(20-31(32)43(53)54)69-13-7-15-71(56,57)58/h9-12,17-21,23,28,39,42,48H,7-8,13-16,22H2,1-6H3,(H,46,55)(H,53,54)(H,56,57,58)(H,59,60,61)(H,62,63,64)(H,65,66,67). The summed E-state index contributed by atoms with van der Waals surface area (Å²) in [4.78, 5) is 28.1. The quantitative estimate of drug-likeness (QED) is 0.0236. The smallest absolute Gasteiger partial charge is 0.345 e. The molecule has 3 unspecified atom stereocenters. The van der Waals surface area contributed by atoms with E-state index in [0.29, 0.717) is 34.3 Å². The molecule has 3 atom stereocenters. The molecule has 0 aliphatic heterocycles. The van der Waals surface area contributed by atoms with Crippen LogP contribution in [-0.4, -0.2) is 124 Å². The maximum Gasteiger partial charge on any atom is 0.345 e. The predicted octanol–water partition coefficient (Wildman–Crippen LogP) is 7.41. The number of amides is 2. The third kappa shape index (κ3) is 16.4. The van der Waals surface area contributed by atoms with Gasteiger partial charge in [-0.25, -0.2) is 9.59 Å². The molecule has 7 N–H and O–H groups in total. The summed E-state index contributed by atoms with van der Waals surface area (Å²) in [6.45, 7) is 8.48. The lowest BCUT2D eigenvalue weighted by Crippen LogP contribution is -2.31. The van der Waals surface area contributed by atoms with Gasteiger partial charge in [-0.3, -0.25) is 23.6 Å². The zero-order valence-electron chi connectivity index (χ0n) is 40.3. The van der Waals surface area contributed by atoms with Crippen molar-refractivity contribution in [3.63, 3.8) is 0 Å². The van der Waals surface area contributed by atoms with Gasteiger partial charge in [-0.1, -0.05) is 6.92 Å². The molecule has 74 heavy (non-hydrogen) atoms. The number of benzene rings is 3. The van der Waals surface area contributed by atoms with Crippen molar-refractivity contribution >= 4 is 86.6 Å². The highest BCUT2D eigenvalue weighted by Gasteiger charge is 2.29. The summed E-state index contributed by atoms with van der Waals surface area (Å²) >= 11 is 0. The Hall–Kier alpha value is -6.64.